The van der Waals surface area contributed by atoms with Gasteiger partial charge < -0.3 is 14.8 Å². The van der Waals surface area contributed by atoms with Crippen LogP contribution in [-0.2, 0) is 16.1 Å². The second-order valence-electron chi connectivity index (χ2n) is 6.96. The highest BCUT2D eigenvalue weighted by molar-refractivity contribution is 7.15. The SMILES string of the molecule is CCOC(=O)c1c(C2CC2)csc1NC(=O)CN(C)Cc1ccc(OC)cc1. The van der Waals surface area contributed by atoms with Crippen LogP contribution in [0.3, 0.4) is 0 Å². The number of likely N-dealkylation sites (N-methyl/N-ethyl adjacent to an activating group) is 1. The van der Waals surface area contributed by atoms with Crippen molar-refractivity contribution in [3.05, 3.63) is 46.3 Å². The van der Waals surface area contributed by atoms with Crippen molar-refractivity contribution in [3.8, 4) is 5.75 Å². The van der Waals surface area contributed by atoms with Crippen LogP contribution in [0.5, 0.6) is 5.75 Å². The zero-order valence-electron chi connectivity index (χ0n) is 16.5. The maximum atomic E-state index is 12.5. The van der Waals surface area contributed by atoms with Crippen molar-refractivity contribution in [1.82, 2.24) is 4.90 Å². The summed E-state index contributed by atoms with van der Waals surface area (Å²) in [5.41, 5.74) is 2.63. The van der Waals surface area contributed by atoms with E-state index in [1.54, 1.807) is 14.0 Å². The van der Waals surface area contributed by atoms with Crippen LogP contribution < -0.4 is 10.1 Å². The minimum Gasteiger partial charge on any atom is -0.497 e. The van der Waals surface area contributed by atoms with Crippen molar-refractivity contribution < 1.29 is 19.1 Å². The van der Waals surface area contributed by atoms with Crippen molar-refractivity contribution in [2.75, 3.05) is 32.6 Å². The zero-order valence-corrected chi connectivity index (χ0v) is 17.3. The van der Waals surface area contributed by atoms with E-state index in [0.29, 0.717) is 29.6 Å². The summed E-state index contributed by atoms with van der Waals surface area (Å²) < 4.78 is 10.4. The smallest absolute Gasteiger partial charge is 0.341 e. The molecule has 1 fully saturated rings. The molecule has 0 unspecified atom stereocenters. The van der Waals surface area contributed by atoms with E-state index in [4.69, 9.17) is 9.47 Å². The number of carbonyl (C=O) groups is 2. The summed E-state index contributed by atoms with van der Waals surface area (Å²) in [7, 11) is 3.52. The number of nitrogens with one attached hydrogen (secondary N) is 1. The van der Waals surface area contributed by atoms with Gasteiger partial charge >= 0.3 is 5.97 Å². The lowest BCUT2D eigenvalue weighted by atomic mass is 10.1. The van der Waals surface area contributed by atoms with Gasteiger partial charge in [0.2, 0.25) is 5.91 Å². The molecule has 1 aliphatic carbocycles. The van der Waals surface area contributed by atoms with Crippen LogP contribution >= 0.6 is 11.3 Å². The maximum absolute atomic E-state index is 12.5. The Morgan fingerprint density at radius 3 is 2.57 bits per heavy atom. The number of amides is 1. The Kier molecular flexibility index (Phi) is 6.70. The van der Waals surface area contributed by atoms with Crippen LogP contribution in [-0.4, -0.2) is 44.1 Å². The third kappa shape index (κ3) is 5.11. The molecule has 0 radical (unpaired) electrons. The molecule has 3 rings (SSSR count). The van der Waals surface area contributed by atoms with E-state index in [2.05, 4.69) is 5.32 Å². The van der Waals surface area contributed by atoms with E-state index in [9.17, 15) is 9.59 Å². The number of anilines is 1. The van der Waals surface area contributed by atoms with Crippen LogP contribution in [0.1, 0.15) is 47.2 Å². The largest absolute Gasteiger partial charge is 0.497 e. The Morgan fingerprint density at radius 2 is 1.96 bits per heavy atom. The fraction of sp³-hybridized carbons (Fsp3) is 0.429. The lowest BCUT2D eigenvalue weighted by Gasteiger charge is -2.16. The highest BCUT2D eigenvalue weighted by Crippen LogP contribution is 2.46. The van der Waals surface area contributed by atoms with Crippen LogP contribution in [0, 0.1) is 0 Å². The fourth-order valence-electron chi connectivity index (χ4n) is 3.08. The van der Waals surface area contributed by atoms with Gasteiger partial charge in [0.15, 0.2) is 0 Å². The molecule has 0 aliphatic heterocycles. The summed E-state index contributed by atoms with van der Waals surface area (Å²) in [5.74, 6) is 0.720. The van der Waals surface area contributed by atoms with Gasteiger partial charge in [-0.15, -0.1) is 11.3 Å². The summed E-state index contributed by atoms with van der Waals surface area (Å²) in [6, 6.07) is 7.76. The molecule has 1 amide bonds. The van der Waals surface area contributed by atoms with Gasteiger partial charge in [-0.1, -0.05) is 12.1 Å². The predicted molar refractivity (Wildman–Crippen MR) is 110 cm³/mol. The Bertz CT molecular complexity index is 827. The van der Waals surface area contributed by atoms with Gasteiger partial charge in [0.25, 0.3) is 0 Å². The number of rotatable bonds is 9. The van der Waals surface area contributed by atoms with E-state index in [-0.39, 0.29) is 18.4 Å². The van der Waals surface area contributed by atoms with Crippen LogP contribution in [0.25, 0.3) is 0 Å². The molecular formula is C21H26N2O4S. The van der Waals surface area contributed by atoms with Gasteiger partial charge in [-0.2, -0.15) is 0 Å². The van der Waals surface area contributed by atoms with E-state index < -0.39 is 0 Å². The first-order valence-electron chi connectivity index (χ1n) is 9.41. The third-order valence-electron chi connectivity index (χ3n) is 4.59. The highest BCUT2D eigenvalue weighted by atomic mass is 32.1. The Morgan fingerprint density at radius 1 is 1.25 bits per heavy atom. The topological polar surface area (TPSA) is 67.9 Å². The molecule has 150 valence electrons. The molecule has 6 nitrogen and oxygen atoms in total. The normalized spacial score (nSPS) is 13.4. The van der Waals surface area contributed by atoms with Gasteiger partial charge in [-0.3, -0.25) is 9.69 Å². The molecular weight excluding hydrogens is 376 g/mol. The van der Waals surface area contributed by atoms with Crippen molar-refractivity contribution in [2.24, 2.45) is 0 Å². The van der Waals surface area contributed by atoms with Crippen molar-refractivity contribution >= 4 is 28.2 Å². The number of hydrogen-bond donors (Lipinski definition) is 1. The molecule has 1 saturated carbocycles. The molecule has 0 atom stereocenters. The molecule has 1 aromatic heterocycles. The lowest BCUT2D eigenvalue weighted by Crippen LogP contribution is -2.30. The minimum absolute atomic E-state index is 0.147. The second-order valence-corrected chi connectivity index (χ2v) is 7.84. The van der Waals surface area contributed by atoms with Crippen LogP contribution in [0.15, 0.2) is 29.6 Å². The first-order valence-corrected chi connectivity index (χ1v) is 10.3. The van der Waals surface area contributed by atoms with Gasteiger partial charge in [-0.25, -0.2) is 4.79 Å². The molecule has 1 aliphatic rings. The number of ether oxygens (including phenoxy) is 2. The van der Waals surface area contributed by atoms with Gasteiger partial charge in [0.1, 0.15) is 10.8 Å². The van der Waals surface area contributed by atoms with Crippen LogP contribution in [0.2, 0.25) is 0 Å². The molecule has 1 aromatic carbocycles. The fourth-order valence-corrected chi connectivity index (χ4v) is 4.13. The number of esters is 1. The average Bonchev–Trinajstić information content (AvgIpc) is 3.43. The minimum atomic E-state index is -0.354. The molecule has 0 saturated heterocycles. The number of nitrogens with zero attached hydrogens (tertiary/aromatic N) is 1. The first-order chi connectivity index (χ1) is 13.5. The molecule has 7 heteroatoms. The molecule has 0 spiro atoms. The van der Waals surface area contributed by atoms with Crippen molar-refractivity contribution in [2.45, 2.75) is 32.2 Å². The van der Waals surface area contributed by atoms with E-state index >= 15 is 0 Å². The predicted octanol–water partition coefficient (Wildman–Crippen LogP) is 3.88. The van der Waals surface area contributed by atoms with Crippen molar-refractivity contribution in [3.63, 3.8) is 0 Å². The lowest BCUT2D eigenvalue weighted by molar-refractivity contribution is -0.117. The Hall–Kier alpha value is -2.38. The number of hydrogen-bond acceptors (Lipinski definition) is 6. The number of thiophene rings is 1. The number of benzene rings is 1. The number of methoxy groups -OCH3 is 1. The summed E-state index contributed by atoms with van der Waals surface area (Å²) in [5, 5.41) is 5.46. The average molecular weight is 403 g/mol. The maximum Gasteiger partial charge on any atom is 0.341 e. The number of carbonyl (C=O) groups excluding carboxylic acids is 2. The van der Waals surface area contributed by atoms with Gasteiger partial charge in [0.05, 0.1) is 25.8 Å². The van der Waals surface area contributed by atoms with Crippen molar-refractivity contribution in [1.29, 1.82) is 0 Å². The molecule has 1 heterocycles. The van der Waals surface area contributed by atoms with E-state index in [0.717, 1.165) is 29.7 Å². The molecule has 28 heavy (non-hydrogen) atoms. The summed E-state index contributed by atoms with van der Waals surface area (Å²) >= 11 is 1.40. The van der Waals surface area contributed by atoms with Gasteiger partial charge in [0, 0.05) is 6.54 Å². The summed E-state index contributed by atoms with van der Waals surface area (Å²) in [6.07, 6.45) is 2.17. The molecule has 1 N–H and O–H groups in total. The summed E-state index contributed by atoms with van der Waals surface area (Å²) in [6.45, 7) is 2.97. The third-order valence-corrected chi connectivity index (χ3v) is 5.51. The second kappa shape index (κ2) is 9.21. The van der Waals surface area contributed by atoms with E-state index in [1.807, 2.05) is 41.6 Å². The molecule has 2 aromatic rings. The van der Waals surface area contributed by atoms with E-state index in [1.165, 1.54) is 11.3 Å². The van der Waals surface area contributed by atoms with Gasteiger partial charge in [-0.05, 0) is 61.4 Å². The molecule has 0 bridgehead atoms. The Balaban J connectivity index is 1.61. The van der Waals surface area contributed by atoms with Crippen LogP contribution in [0.4, 0.5) is 5.00 Å². The zero-order chi connectivity index (χ0) is 20.1. The Labute approximate surface area is 169 Å². The monoisotopic (exact) mass is 402 g/mol. The quantitative estimate of drug-likeness (QED) is 0.645. The standard InChI is InChI=1S/C21H26N2O4S/c1-4-27-21(25)19-17(15-7-8-15)13-28-20(19)22-18(24)12-23(2)11-14-5-9-16(26-3)10-6-14/h5-6,9-10,13,15H,4,7-8,11-12H2,1-3H3,(H,22,24). The summed E-state index contributed by atoms with van der Waals surface area (Å²) in [4.78, 5) is 26.8. The highest BCUT2D eigenvalue weighted by Gasteiger charge is 2.32. The first kappa shape index (κ1) is 20.4.